The van der Waals surface area contributed by atoms with Crippen molar-refractivity contribution >= 4 is 39.8 Å². The van der Waals surface area contributed by atoms with Gasteiger partial charge in [-0.3, -0.25) is 19.2 Å². The second kappa shape index (κ2) is 36.6. The standard InChI is InChI=1S/C18H18O2.2C11H12O2.C7H7Br.CH2O3.2K.H/c1-3-8-17-16(14(2)19)11-7-12-18(17)20-13-15-9-5-4-6-10-15;1-3-7-13-11-6-4-5-10(8-11)9(2)12;1-3-5-10-9(8(2)12)6-4-7-11(10)13;8-6-7-4-2-1-3-5-7;2-1-4-3;;;/h3-7,9-12H,1,8,13H2,2H3;3-6,8H,1,7H2,2H3;3-4,6-7,13H,1,5H2,2H3;1-5H,6H2;1,3H;;;/q;;;;;2*+1;-1/p-1. The van der Waals surface area contributed by atoms with Gasteiger partial charge in [-0.25, -0.2) is 0 Å². The predicted octanol–water partition coefficient (Wildman–Crippen LogP) is 4.11. The molecule has 306 valence electrons. The number of ketones is 3. The van der Waals surface area contributed by atoms with Gasteiger partial charge in [-0.2, -0.15) is 0 Å². The molecule has 0 unspecified atom stereocenters. The van der Waals surface area contributed by atoms with Gasteiger partial charge in [0.2, 0.25) is 0 Å². The molecule has 0 aliphatic heterocycles. The summed E-state index contributed by atoms with van der Waals surface area (Å²) in [6, 6.07) is 37.9. The summed E-state index contributed by atoms with van der Waals surface area (Å²) in [6.07, 6.45) is 6.26. The van der Waals surface area contributed by atoms with Crippen LogP contribution in [-0.2, 0) is 34.5 Å². The van der Waals surface area contributed by atoms with E-state index in [1.165, 1.54) is 19.4 Å². The second-order valence-corrected chi connectivity index (χ2v) is 12.5. The zero-order valence-corrected chi connectivity index (χ0v) is 42.9. The van der Waals surface area contributed by atoms with Crippen LogP contribution in [0.1, 0.15) is 75.5 Å². The molecule has 0 radical (unpaired) electrons. The van der Waals surface area contributed by atoms with E-state index in [0.29, 0.717) is 54.1 Å². The molecular formula is C48H51BrK2O9. The first kappa shape index (κ1) is 59.0. The first-order valence-electron chi connectivity index (χ1n) is 18.0. The van der Waals surface area contributed by atoms with Crippen LogP contribution in [0.5, 0.6) is 17.2 Å². The fourth-order valence-corrected chi connectivity index (χ4v) is 5.29. The zero-order valence-electron chi connectivity index (χ0n) is 36.1. The predicted molar refractivity (Wildman–Crippen MR) is 233 cm³/mol. The monoisotopic (exact) mass is 928 g/mol. The largest absolute Gasteiger partial charge is 1.00 e. The van der Waals surface area contributed by atoms with E-state index in [4.69, 9.17) is 19.5 Å². The zero-order chi connectivity index (χ0) is 43.1. The number of halogens is 1. The van der Waals surface area contributed by atoms with Crippen molar-refractivity contribution < 1.29 is 148 Å². The quantitative estimate of drug-likeness (QED) is 0.0313. The molecule has 12 heteroatoms. The average molecular weight is 930 g/mol. The Morgan fingerprint density at radius 1 is 0.667 bits per heavy atom. The van der Waals surface area contributed by atoms with Crippen LogP contribution in [0.2, 0.25) is 0 Å². The number of hydrogen-bond acceptors (Lipinski definition) is 9. The number of carbonyl (C=O) groups is 4. The molecule has 0 amide bonds. The van der Waals surface area contributed by atoms with E-state index < -0.39 is 0 Å². The third-order valence-corrected chi connectivity index (χ3v) is 8.27. The molecule has 5 aromatic carbocycles. The van der Waals surface area contributed by atoms with Crippen LogP contribution >= 0.6 is 15.9 Å². The van der Waals surface area contributed by atoms with Crippen LogP contribution in [0.25, 0.3) is 0 Å². The van der Waals surface area contributed by atoms with Gasteiger partial charge < -0.3 is 26.2 Å². The summed E-state index contributed by atoms with van der Waals surface area (Å²) in [5.74, 6) is 1.67. The number of rotatable bonds is 15. The smallest absolute Gasteiger partial charge is 1.00 e. The van der Waals surface area contributed by atoms with Gasteiger partial charge in [-0.1, -0.05) is 138 Å². The molecule has 0 atom stereocenters. The van der Waals surface area contributed by atoms with Crippen molar-refractivity contribution in [1.29, 1.82) is 0 Å². The Bertz CT molecular complexity index is 2050. The van der Waals surface area contributed by atoms with E-state index in [1.54, 1.807) is 61.5 Å². The molecule has 0 aromatic heterocycles. The third kappa shape index (κ3) is 24.4. The van der Waals surface area contributed by atoms with Crippen molar-refractivity contribution in [2.75, 3.05) is 6.61 Å². The molecule has 9 nitrogen and oxygen atoms in total. The molecule has 0 fully saturated rings. The number of hydrogen-bond donors (Lipinski definition) is 1. The van der Waals surface area contributed by atoms with E-state index in [2.05, 4.69) is 52.7 Å². The molecule has 0 saturated heterocycles. The first-order chi connectivity index (χ1) is 28.0. The summed E-state index contributed by atoms with van der Waals surface area (Å²) >= 11 is 3.36. The van der Waals surface area contributed by atoms with Crippen molar-refractivity contribution in [2.24, 2.45) is 0 Å². The maximum Gasteiger partial charge on any atom is 1.00 e. The number of ether oxygens (including phenoxy) is 2. The van der Waals surface area contributed by atoms with Gasteiger partial charge in [-0.15, -0.1) is 13.2 Å². The van der Waals surface area contributed by atoms with Gasteiger partial charge in [-0.05, 0) is 69.0 Å². The van der Waals surface area contributed by atoms with Crippen molar-refractivity contribution in [2.45, 2.75) is 45.5 Å². The van der Waals surface area contributed by atoms with Crippen LogP contribution in [0.4, 0.5) is 0 Å². The van der Waals surface area contributed by atoms with Crippen LogP contribution < -0.4 is 118 Å². The molecule has 5 aromatic rings. The Morgan fingerprint density at radius 3 is 1.63 bits per heavy atom. The van der Waals surface area contributed by atoms with Gasteiger partial charge >= 0.3 is 103 Å². The van der Waals surface area contributed by atoms with Gasteiger partial charge in [0.05, 0.1) is 0 Å². The van der Waals surface area contributed by atoms with Crippen molar-refractivity contribution in [3.8, 4) is 17.2 Å². The minimum atomic E-state index is -0.181. The van der Waals surface area contributed by atoms with Gasteiger partial charge in [0, 0.05) is 33.1 Å². The number of carbonyl (C=O) groups excluding carboxylic acids is 4. The summed E-state index contributed by atoms with van der Waals surface area (Å²) < 4.78 is 11.1. The van der Waals surface area contributed by atoms with Gasteiger partial charge in [0.1, 0.15) is 30.5 Å². The number of aromatic hydroxyl groups is 1. The number of phenols is 1. The van der Waals surface area contributed by atoms with Crippen molar-refractivity contribution in [3.63, 3.8) is 0 Å². The molecular weight excluding hydrogens is 879 g/mol. The Kier molecular flexibility index (Phi) is 35.9. The van der Waals surface area contributed by atoms with E-state index in [9.17, 15) is 19.5 Å². The van der Waals surface area contributed by atoms with E-state index in [0.717, 1.165) is 22.2 Å². The normalized spacial score (nSPS) is 9.02. The number of Topliss-reactive ketones (excluding diaryl/α,β-unsaturated/α-hetero) is 3. The van der Waals surface area contributed by atoms with E-state index >= 15 is 0 Å². The first-order valence-corrected chi connectivity index (χ1v) is 19.1. The third-order valence-electron chi connectivity index (χ3n) is 7.62. The van der Waals surface area contributed by atoms with Crippen molar-refractivity contribution in [1.82, 2.24) is 0 Å². The summed E-state index contributed by atoms with van der Waals surface area (Å²) in [5.41, 5.74) is 5.94. The molecule has 0 aliphatic rings. The molecule has 5 rings (SSSR count). The maximum atomic E-state index is 11.7. The Morgan fingerprint density at radius 2 is 1.17 bits per heavy atom. The molecule has 0 bridgehead atoms. The number of benzene rings is 5. The van der Waals surface area contributed by atoms with Crippen LogP contribution in [0.15, 0.2) is 159 Å². The minimum absolute atomic E-state index is 0. The molecule has 1 N–H and O–H groups in total. The second-order valence-electron chi connectivity index (χ2n) is 12.0. The average Bonchev–Trinajstić information content (AvgIpc) is 3.24. The SMILES string of the molecule is BrCc1ccccc1.C=CCOc1cccc(C(C)=O)c1.C=CCc1c(O)cccc1C(C)=O.C=CCc1c(OCc2ccccc2)cccc1C(C)=O.O=CO[O-].[H-].[K+].[K+]. The molecule has 60 heavy (non-hydrogen) atoms. The fraction of sp³-hybridized carbons (Fsp3) is 0.167. The number of phenolic OH excluding ortho intramolecular Hbond substituents is 1. The van der Waals surface area contributed by atoms with Crippen molar-refractivity contribution in [3.05, 3.63) is 198 Å². The number of allylic oxidation sites excluding steroid dienone is 2. The summed E-state index contributed by atoms with van der Waals surface area (Å²) in [6.45, 7) is 16.2. The van der Waals surface area contributed by atoms with Crippen LogP contribution in [0.3, 0.4) is 0 Å². The Labute approximate surface area is 449 Å². The van der Waals surface area contributed by atoms with E-state index in [-0.39, 0.29) is 134 Å². The van der Waals surface area contributed by atoms with Crippen LogP contribution in [0, 0.1) is 0 Å². The minimum Gasteiger partial charge on any atom is -1.00 e. The Hall–Kier alpha value is -3.09. The topological polar surface area (TPSA) is 139 Å². The molecule has 0 spiro atoms. The summed E-state index contributed by atoms with van der Waals surface area (Å²) in [5, 5.41) is 18.9. The summed E-state index contributed by atoms with van der Waals surface area (Å²) in [4.78, 5) is 45.1. The molecule has 0 saturated carbocycles. The summed E-state index contributed by atoms with van der Waals surface area (Å²) in [7, 11) is 0. The number of alkyl halides is 1. The van der Waals surface area contributed by atoms with Gasteiger partial charge in [0.15, 0.2) is 17.3 Å². The van der Waals surface area contributed by atoms with Gasteiger partial charge in [0.25, 0.3) is 6.47 Å². The maximum absolute atomic E-state index is 11.7. The molecule has 0 heterocycles. The van der Waals surface area contributed by atoms with Crippen LogP contribution in [-0.4, -0.2) is 35.5 Å². The molecule has 0 aliphatic carbocycles. The van der Waals surface area contributed by atoms with E-state index in [1.807, 2.05) is 72.8 Å². The Balaban J connectivity index is -0.000000729. The fourth-order valence-electron chi connectivity index (χ4n) is 4.91.